The third-order valence-corrected chi connectivity index (χ3v) is 4.19. The molecule has 96 valence electrons. The van der Waals surface area contributed by atoms with E-state index in [1.165, 1.54) is 5.56 Å². The number of nitrogens with one attached hydrogen (secondary N) is 1. The fraction of sp³-hybridized carbons (Fsp3) is 0.286. The van der Waals surface area contributed by atoms with Crippen molar-refractivity contribution in [2.75, 3.05) is 6.54 Å². The Bertz CT molecular complexity index is 497. The lowest BCUT2D eigenvalue weighted by Crippen LogP contribution is -2.22. The minimum absolute atomic E-state index is 0.186. The summed E-state index contributed by atoms with van der Waals surface area (Å²) < 4.78 is 0. The zero-order valence-electron chi connectivity index (χ0n) is 10.1. The van der Waals surface area contributed by atoms with Crippen LogP contribution in [0.5, 0.6) is 0 Å². The Morgan fingerprint density at radius 1 is 1.17 bits per heavy atom. The molecule has 1 unspecified atom stereocenters. The second-order valence-corrected chi connectivity index (χ2v) is 5.71. The standard InChI is InChI=1S/C14H15Cl2NS/c1-2-6-17-14(11-5-7-18-9-11)10-3-4-12(15)13(16)8-10/h3-5,7-9,14,17H,2,6H2,1H3. The molecule has 1 aromatic heterocycles. The van der Waals surface area contributed by atoms with Gasteiger partial charge in [-0.25, -0.2) is 0 Å². The lowest BCUT2D eigenvalue weighted by molar-refractivity contribution is 0.600. The van der Waals surface area contributed by atoms with Crippen molar-refractivity contribution in [1.29, 1.82) is 0 Å². The van der Waals surface area contributed by atoms with Crippen LogP contribution in [0.1, 0.15) is 30.5 Å². The van der Waals surface area contributed by atoms with Crippen LogP contribution in [0, 0.1) is 0 Å². The molecule has 0 aliphatic heterocycles. The first-order chi connectivity index (χ1) is 8.72. The molecular formula is C14H15Cl2NS. The highest BCUT2D eigenvalue weighted by Crippen LogP contribution is 2.29. The summed E-state index contributed by atoms with van der Waals surface area (Å²) in [6.45, 7) is 3.13. The van der Waals surface area contributed by atoms with Crippen molar-refractivity contribution in [3.05, 3.63) is 56.2 Å². The monoisotopic (exact) mass is 299 g/mol. The van der Waals surface area contributed by atoms with Crippen molar-refractivity contribution < 1.29 is 0 Å². The largest absolute Gasteiger partial charge is 0.306 e. The van der Waals surface area contributed by atoms with E-state index in [9.17, 15) is 0 Å². The first-order valence-electron chi connectivity index (χ1n) is 5.92. The van der Waals surface area contributed by atoms with Crippen LogP contribution in [0.2, 0.25) is 10.0 Å². The lowest BCUT2D eigenvalue weighted by atomic mass is 10.0. The average molecular weight is 300 g/mol. The molecule has 2 rings (SSSR count). The molecule has 0 fully saturated rings. The highest BCUT2D eigenvalue weighted by molar-refractivity contribution is 7.08. The number of thiophene rings is 1. The molecule has 2 aromatic rings. The first kappa shape index (κ1) is 13.9. The highest BCUT2D eigenvalue weighted by atomic mass is 35.5. The van der Waals surface area contributed by atoms with E-state index in [1.54, 1.807) is 11.3 Å². The quantitative estimate of drug-likeness (QED) is 0.805. The first-order valence-corrected chi connectivity index (χ1v) is 7.62. The molecule has 0 spiro atoms. The number of hydrogen-bond acceptors (Lipinski definition) is 2. The van der Waals surface area contributed by atoms with Crippen molar-refractivity contribution in [2.45, 2.75) is 19.4 Å². The lowest BCUT2D eigenvalue weighted by Gasteiger charge is -2.18. The summed E-state index contributed by atoms with van der Waals surface area (Å²) in [7, 11) is 0. The van der Waals surface area contributed by atoms with E-state index in [4.69, 9.17) is 23.2 Å². The molecule has 0 radical (unpaired) electrons. The van der Waals surface area contributed by atoms with E-state index in [-0.39, 0.29) is 6.04 Å². The van der Waals surface area contributed by atoms with Gasteiger partial charge in [0, 0.05) is 0 Å². The van der Waals surface area contributed by atoms with Crippen LogP contribution >= 0.6 is 34.5 Å². The third-order valence-electron chi connectivity index (χ3n) is 2.75. The molecule has 0 saturated carbocycles. The Morgan fingerprint density at radius 3 is 2.61 bits per heavy atom. The average Bonchev–Trinajstić information content (AvgIpc) is 2.88. The van der Waals surface area contributed by atoms with Crippen LogP contribution < -0.4 is 5.32 Å². The van der Waals surface area contributed by atoms with E-state index >= 15 is 0 Å². The van der Waals surface area contributed by atoms with Crippen molar-refractivity contribution in [3.63, 3.8) is 0 Å². The predicted octanol–water partition coefficient (Wildman–Crippen LogP) is 5.14. The summed E-state index contributed by atoms with van der Waals surface area (Å²) in [5.41, 5.74) is 2.42. The molecule has 1 atom stereocenters. The van der Waals surface area contributed by atoms with E-state index in [0.29, 0.717) is 10.0 Å². The molecule has 4 heteroatoms. The summed E-state index contributed by atoms with van der Waals surface area (Å²) >= 11 is 13.8. The summed E-state index contributed by atoms with van der Waals surface area (Å²) in [6, 6.07) is 8.15. The van der Waals surface area contributed by atoms with Crippen molar-refractivity contribution in [2.24, 2.45) is 0 Å². The second-order valence-electron chi connectivity index (χ2n) is 4.12. The predicted molar refractivity (Wildman–Crippen MR) is 80.9 cm³/mol. The molecule has 0 bridgehead atoms. The molecule has 1 N–H and O–H groups in total. The normalized spacial score (nSPS) is 12.6. The van der Waals surface area contributed by atoms with E-state index in [1.807, 2.05) is 18.2 Å². The van der Waals surface area contributed by atoms with E-state index < -0.39 is 0 Å². The fourth-order valence-electron chi connectivity index (χ4n) is 1.85. The Balaban J connectivity index is 2.30. The Labute approximate surface area is 122 Å². The van der Waals surface area contributed by atoms with Crippen LogP contribution in [0.25, 0.3) is 0 Å². The molecular weight excluding hydrogens is 285 g/mol. The number of rotatable bonds is 5. The number of benzene rings is 1. The zero-order valence-corrected chi connectivity index (χ0v) is 12.4. The summed E-state index contributed by atoms with van der Waals surface area (Å²) in [4.78, 5) is 0. The molecule has 1 nitrogen and oxygen atoms in total. The van der Waals surface area contributed by atoms with Gasteiger partial charge in [-0.1, -0.05) is 36.2 Å². The van der Waals surface area contributed by atoms with Crippen molar-refractivity contribution >= 4 is 34.5 Å². The molecule has 0 amide bonds. The molecule has 0 aliphatic rings. The van der Waals surface area contributed by atoms with Gasteiger partial charge in [-0.05, 0) is 53.1 Å². The molecule has 1 heterocycles. The minimum atomic E-state index is 0.186. The van der Waals surface area contributed by atoms with Gasteiger partial charge in [0.1, 0.15) is 0 Å². The maximum Gasteiger partial charge on any atom is 0.0595 e. The van der Waals surface area contributed by atoms with Gasteiger partial charge in [-0.3, -0.25) is 0 Å². The maximum atomic E-state index is 6.10. The molecule has 1 aromatic carbocycles. The van der Waals surface area contributed by atoms with Gasteiger partial charge in [0.15, 0.2) is 0 Å². The Kier molecular flexibility index (Phi) is 5.07. The van der Waals surface area contributed by atoms with Crippen molar-refractivity contribution in [3.8, 4) is 0 Å². The second kappa shape index (κ2) is 6.58. The van der Waals surface area contributed by atoms with Crippen LogP contribution in [-0.4, -0.2) is 6.54 Å². The smallest absolute Gasteiger partial charge is 0.0595 e. The van der Waals surface area contributed by atoms with Gasteiger partial charge in [-0.2, -0.15) is 11.3 Å². The number of halogens is 2. The molecule has 0 aliphatic carbocycles. The minimum Gasteiger partial charge on any atom is -0.306 e. The van der Waals surface area contributed by atoms with E-state index in [0.717, 1.165) is 18.5 Å². The van der Waals surface area contributed by atoms with Gasteiger partial charge >= 0.3 is 0 Å². The summed E-state index contributed by atoms with van der Waals surface area (Å²) in [6.07, 6.45) is 1.10. The summed E-state index contributed by atoms with van der Waals surface area (Å²) in [5.74, 6) is 0. The topological polar surface area (TPSA) is 12.0 Å². The third kappa shape index (κ3) is 3.27. The summed E-state index contributed by atoms with van der Waals surface area (Å²) in [5, 5.41) is 8.99. The number of hydrogen-bond donors (Lipinski definition) is 1. The SMILES string of the molecule is CCCNC(c1ccsc1)c1ccc(Cl)c(Cl)c1. The van der Waals surface area contributed by atoms with Gasteiger partial charge in [0.25, 0.3) is 0 Å². The van der Waals surface area contributed by atoms with Crippen LogP contribution in [0.4, 0.5) is 0 Å². The Morgan fingerprint density at radius 2 is 2.00 bits per heavy atom. The maximum absolute atomic E-state index is 6.10. The van der Waals surface area contributed by atoms with Crippen molar-refractivity contribution in [1.82, 2.24) is 5.32 Å². The van der Waals surface area contributed by atoms with E-state index in [2.05, 4.69) is 29.1 Å². The van der Waals surface area contributed by atoms with Gasteiger partial charge in [-0.15, -0.1) is 0 Å². The highest BCUT2D eigenvalue weighted by Gasteiger charge is 2.14. The zero-order chi connectivity index (χ0) is 13.0. The molecule has 0 saturated heterocycles. The van der Waals surface area contributed by atoms with Crippen LogP contribution in [-0.2, 0) is 0 Å². The van der Waals surface area contributed by atoms with Gasteiger partial charge in [0.05, 0.1) is 16.1 Å². The molecule has 18 heavy (non-hydrogen) atoms. The fourth-order valence-corrected chi connectivity index (χ4v) is 2.84. The van der Waals surface area contributed by atoms with Gasteiger partial charge < -0.3 is 5.32 Å². The Hall–Kier alpha value is -0.540. The van der Waals surface area contributed by atoms with Crippen LogP contribution in [0.3, 0.4) is 0 Å². The van der Waals surface area contributed by atoms with Crippen LogP contribution in [0.15, 0.2) is 35.0 Å². The van der Waals surface area contributed by atoms with Gasteiger partial charge in [0.2, 0.25) is 0 Å².